The molecule has 0 atom stereocenters. The standard InChI is InChI=1S/C9H19N.N.O/c1-8(2)6-5-7-9(3,4)10-8;;/h10H,5-7H2,1-4H3;;. The van der Waals surface area contributed by atoms with Crippen LogP contribution in [0.25, 0.3) is 0 Å². The minimum Gasteiger partial charge on any atom is -0.307 e. The Morgan fingerprint density at radius 3 is 1.42 bits per heavy atom. The number of piperidine rings is 1. The van der Waals surface area contributed by atoms with E-state index in [1.165, 1.54) is 19.3 Å². The summed E-state index contributed by atoms with van der Waals surface area (Å²) in [5.74, 6) is 0. The van der Waals surface area contributed by atoms with E-state index in [0.717, 1.165) is 0 Å². The van der Waals surface area contributed by atoms with Gasteiger partial charge in [0.25, 0.3) is 0 Å². The van der Waals surface area contributed by atoms with Crippen molar-refractivity contribution in [3.63, 3.8) is 0 Å². The van der Waals surface area contributed by atoms with Crippen molar-refractivity contribution >= 4 is 0 Å². The van der Waals surface area contributed by atoms with Gasteiger partial charge in [-0.3, -0.25) is 0 Å². The molecule has 0 unspecified atom stereocenters. The highest BCUT2D eigenvalue weighted by Crippen LogP contribution is 2.27. The maximum atomic E-state index is 3.63. The summed E-state index contributed by atoms with van der Waals surface area (Å²) >= 11 is 0. The van der Waals surface area contributed by atoms with Crippen LogP contribution in [0.3, 0.4) is 0 Å². The molecule has 12 heavy (non-hydrogen) atoms. The van der Waals surface area contributed by atoms with Crippen LogP contribution >= 0.6 is 0 Å². The molecule has 0 aliphatic carbocycles. The van der Waals surface area contributed by atoms with E-state index in [-0.39, 0.29) is 11.6 Å². The Morgan fingerprint density at radius 2 is 1.25 bits per heavy atom. The number of rotatable bonds is 0. The van der Waals surface area contributed by atoms with Gasteiger partial charge in [-0.1, -0.05) is 0 Å². The number of nitrogens with zero attached hydrogens (tertiary/aromatic N) is 1. The van der Waals surface area contributed by atoms with Gasteiger partial charge in [0.05, 0.1) is 0 Å². The van der Waals surface area contributed by atoms with Gasteiger partial charge in [0, 0.05) is 22.7 Å². The molecule has 1 heterocycles. The summed E-state index contributed by atoms with van der Waals surface area (Å²) < 4.78 is 0. The minimum absolute atomic E-state index is 0. The smallest absolute Gasteiger partial charge is 0.0130 e. The molecule has 5 radical (unpaired) electrons. The normalized spacial score (nSPS) is 25.0. The van der Waals surface area contributed by atoms with Crippen molar-refractivity contribution < 1.29 is 5.48 Å². The van der Waals surface area contributed by atoms with Gasteiger partial charge >= 0.3 is 0 Å². The molecule has 0 spiro atoms. The molecular weight excluding hydrogens is 152 g/mol. The quantitative estimate of drug-likeness (QED) is 0.592. The van der Waals surface area contributed by atoms with Gasteiger partial charge in [-0.25, -0.2) is 0 Å². The zero-order chi connectivity index (χ0) is 7.83. The van der Waals surface area contributed by atoms with Crippen LogP contribution in [0.2, 0.25) is 0 Å². The predicted octanol–water partition coefficient (Wildman–Crippen LogP) is 1.72. The molecule has 0 aromatic carbocycles. The molecule has 0 amide bonds. The summed E-state index contributed by atoms with van der Waals surface area (Å²) in [6.07, 6.45) is 4.00. The van der Waals surface area contributed by atoms with Crippen molar-refractivity contribution in [1.82, 2.24) is 11.5 Å². The monoisotopic (exact) mass is 171 g/mol. The molecule has 1 rings (SSSR count). The summed E-state index contributed by atoms with van der Waals surface area (Å²) in [4.78, 5) is 0. The van der Waals surface area contributed by atoms with E-state index in [4.69, 9.17) is 0 Å². The molecule has 1 N–H and O–H groups in total. The zero-order valence-corrected chi connectivity index (χ0v) is 8.48. The fourth-order valence-electron chi connectivity index (χ4n) is 2.01. The zero-order valence-electron chi connectivity index (χ0n) is 8.48. The highest BCUT2D eigenvalue weighted by molar-refractivity contribution is 4.92. The Balaban J connectivity index is 0. The van der Waals surface area contributed by atoms with Crippen molar-refractivity contribution in [2.75, 3.05) is 0 Å². The first-order valence-corrected chi connectivity index (χ1v) is 4.21. The van der Waals surface area contributed by atoms with Crippen LogP contribution < -0.4 is 11.5 Å². The Morgan fingerprint density at radius 1 is 0.917 bits per heavy atom. The molecule has 0 aromatic heterocycles. The van der Waals surface area contributed by atoms with Crippen LogP contribution in [0.15, 0.2) is 0 Å². The second kappa shape index (κ2) is 4.21. The topological polar surface area (TPSA) is 71.0 Å². The predicted molar refractivity (Wildman–Crippen MR) is 48.0 cm³/mol. The van der Waals surface area contributed by atoms with Crippen LogP contribution in [0, 0.1) is 0 Å². The Labute approximate surface area is 75.8 Å². The Bertz CT molecular complexity index is 118. The number of hydrogen-bond donors (Lipinski definition) is 1. The van der Waals surface area contributed by atoms with Crippen LogP contribution in [0.1, 0.15) is 47.0 Å². The van der Waals surface area contributed by atoms with Gasteiger partial charge in [0.15, 0.2) is 0 Å². The largest absolute Gasteiger partial charge is 0.307 e. The number of hydrogen-bond acceptors (Lipinski definition) is 1. The Kier molecular flexibility index (Phi) is 5.06. The fraction of sp³-hybridized carbons (Fsp3) is 1.00. The average molecular weight is 171 g/mol. The van der Waals surface area contributed by atoms with Crippen molar-refractivity contribution in [1.29, 1.82) is 0 Å². The summed E-state index contributed by atoms with van der Waals surface area (Å²) in [6.45, 7) is 9.14. The minimum atomic E-state index is 0. The molecule has 3 nitrogen and oxygen atoms in total. The second-order valence-electron chi connectivity index (χ2n) is 4.75. The van der Waals surface area contributed by atoms with Crippen molar-refractivity contribution in [2.24, 2.45) is 0 Å². The maximum Gasteiger partial charge on any atom is 0.0130 e. The van der Waals surface area contributed by atoms with Gasteiger partial charge < -0.3 is 5.32 Å². The van der Waals surface area contributed by atoms with Gasteiger partial charge in [-0.15, -0.1) is 0 Å². The van der Waals surface area contributed by atoms with Gasteiger partial charge in [0.1, 0.15) is 0 Å². The lowest BCUT2D eigenvalue weighted by atomic mass is 9.83. The second-order valence-corrected chi connectivity index (χ2v) is 4.75. The van der Waals surface area contributed by atoms with Crippen molar-refractivity contribution in [3.05, 3.63) is 0 Å². The van der Waals surface area contributed by atoms with E-state index in [1.54, 1.807) is 0 Å². The first kappa shape index (κ1) is 14.4. The molecule has 0 saturated carbocycles. The van der Waals surface area contributed by atoms with Crippen LogP contribution in [-0.2, 0) is 5.48 Å². The molecule has 1 fully saturated rings. The lowest BCUT2D eigenvalue weighted by molar-refractivity contribution is 0.183. The van der Waals surface area contributed by atoms with Crippen LogP contribution in [0.4, 0.5) is 0 Å². The van der Waals surface area contributed by atoms with E-state index in [9.17, 15) is 0 Å². The third kappa shape index (κ3) is 4.04. The summed E-state index contributed by atoms with van der Waals surface area (Å²) in [7, 11) is 0. The lowest BCUT2D eigenvalue weighted by Gasteiger charge is -2.42. The summed E-state index contributed by atoms with van der Waals surface area (Å²) in [6, 6.07) is 0. The molecule has 1 saturated heterocycles. The van der Waals surface area contributed by atoms with Crippen LogP contribution in [0.5, 0.6) is 0 Å². The van der Waals surface area contributed by atoms with Crippen molar-refractivity contribution in [3.8, 4) is 0 Å². The van der Waals surface area contributed by atoms with E-state index >= 15 is 0 Å². The van der Waals surface area contributed by atoms with Crippen molar-refractivity contribution in [2.45, 2.75) is 58.0 Å². The maximum absolute atomic E-state index is 3.63. The van der Waals surface area contributed by atoms with Gasteiger partial charge in [-0.2, -0.15) is 0 Å². The van der Waals surface area contributed by atoms with E-state index in [2.05, 4.69) is 33.0 Å². The Hall–Kier alpha value is -0.120. The molecular formula is C9H19N2O. The highest BCUT2D eigenvalue weighted by atomic mass is 16.0. The average Bonchev–Trinajstić information content (AvgIpc) is 1.56. The first-order valence-electron chi connectivity index (χ1n) is 4.21. The molecule has 0 bridgehead atoms. The summed E-state index contributed by atoms with van der Waals surface area (Å²) in [5, 5.41) is 3.63. The fourth-order valence-corrected chi connectivity index (χ4v) is 2.01. The lowest BCUT2D eigenvalue weighted by Crippen LogP contribution is -2.55. The highest BCUT2D eigenvalue weighted by Gasteiger charge is 2.31. The van der Waals surface area contributed by atoms with E-state index in [1.807, 2.05) is 0 Å². The molecule has 3 heteroatoms. The van der Waals surface area contributed by atoms with Crippen LogP contribution in [-0.4, -0.2) is 11.1 Å². The molecule has 1 aliphatic rings. The first-order chi connectivity index (χ1) is 4.41. The van der Waals surface area contributed by atoms with E-state index < -0.39 is 0 Å². The van der Waals surface area contributed by atoms with Gasteiger partial charge in [0.2, 0.25) is 0 Å². The third-order valence-corrected chi connectivity index (χ3v) is 2.28. The molecule has 71 valence electrons. The summed E-state index contributed by atoms with van der Waals surface area (Å²) in [5.41, 5.74) is 0.726. The molecule has 1 aliphatic heterocycles. The number of nitrogens with one attached hydrogen (secondary N) is 1. The SMILES string of the molecule is CC1(C)CCCC(C)(C)N1.[N].[O]. The third-order valence-electron chi connectivity index (χ3n) is 2.28. The van der Waals surface area contributed by atoms with E-state index in [0.29, 0.717) is 11.1 Å². The molecule has 0 aromatic rings. The van der Waals surface area contributed by atoms with Gasteiger partial charge in [-0.05, 0) is 47.0 Å².